The van der Waals surface area contributed by atoms with E-state index >= 15 is 0 Å². The van der Waals surface area contributed by atoms with E-state index in [-0.39, 0.29) is 0 Å². The molecule has 1 aromatic heterocycles. The van der Waals surface area contributed by atoms with Gasteiger partial charge in [0.1, 0.15) is 5.82 Å². The van der Waals surface area contributed by atoms with Gasteiger partial charge in [0.15, 0.2) is 5.75 Å². The van der Waals surface area contributed by atoms with Crippen LogP contribution in [0.25, 0.3) is 5.69 Å². The van der Waals surface area contributed by atoms with E-state index in [1.165, 1.54) is 0 Å². The second kappa shape index (κ2) is 3.62. The summed E-state index contributed by atoms with van der Waals surface area (Å²) in [6.45, 7) is 2.40. The highest BCUT2D eigenvalue weighted by Gasteiger charge is 2.20. The molecule has 86 valence electrons. The average Bonchev–Trinajstić information content (AvgIpc) is 2.74. The van der Waals surface area contributed by atoms with Crippen molar-refractivity contribution in [2.45, 2.75) is 13.5 Å². The predicted molar refractivity (Wildman–Crippen MR) is 61.2 cm³/mol. The Labute approximate surface area is 98.0 Å². The number of benzene rings is 1. The lowest BCUT2D eigenvalue weighted by atomic mass is 10.1. The molecule has 0 bridgehead atoms. The third-order valence-corrected chi connectivity index (χ3v) is 2.78. The molecule has 0 atom stereocenters. The number of carbonyl (C=O) groups is 1. The Kier molecular flexibility index (Phi) is 2.11. The van der Waals surface area contributed by atoms with Gasteiger partial charge in [0.05, 0.1) is 5.69 Å². The minimum Gasteiger partial charge on any atom is -0.408 e. The van der Waals surface area contributed by atoms with Crippen LogP contribution in [0.4, 0.5) is 4.79 Å². The monoisotopic (exact) mass is 229 g/mol. The van der Waals surface area contributed by atoms with Crippen LogP contribution in [0.2, 0.25) is 0 Å². The fourth-order valence-electron chi connectivity index (χ4n) is 1.95. The van der Waals surface area contributed by atoms with Crippen molar-refractivity contribution in [2.75, 3.05) is 0 Å². The molecule has 2 aromatic rings. The number of imidazole rings is 1. The highest BCUT2D eigenvalue weighted by Crippen LogP contribution is 2.30. The summed E-state index contributed by atoms with van der Waals surface area (Å²) < 4.78 is 7.14. The van der Waals surface area contributed by atoms with Crippen molar-refractivity contribution in [1.29, 1.82) is 0 Å². The van der Waals surface area contributed by atoms with E-state index in [4.69, 9.17) is 4.74 Å². The number of para-hydroxylation sites is 1. The Balaban J connectivity index is 2.18. The number of aryl methyl sites for hydroxylation is 1. The molecule has 0 fully saturated rings. The molecule has 5 heteroatoms. The minimum atomic E-state index is -0.414. The largest absolute Gasteiger partial charge is 0.412 e. The van der Waals surface area contributed by atoms with Crippen LogP contribution in [-0.2, 0) is 6.54 Å². The molecule has 0 unspecified atom stereocenters. The number of carbonyl (C=O) groups excluding carboxylic acids is 1. The first-order valence-electron chi connectivity index (χ1n) is 5.33. The molecule has 0 radical (unpaired) electrons. The molecule has 5 nitrogen and oxygen atoms in total. The molecule has 0 saturated heterocycles. The summed E-state index contributed by atoms with van der Waals surface area (Å²) in [6, 6.07) is 5.78. The molecule has 1 N–H and O–H groups in total. The molecule has 1 aliphatic heterocycles. The maximum Gasteiger partial charge on any atom is 0.412 e. The number of nitrogens with zero attached hydrogens (tertiary/aromatic N) is 2. The van der Waals surface area contributed by atoms with Gasteiger partial charge in [-0.25, -0.2) is 9.78 Å². The molecule has 0 spiro atoms. The first kappa shape index (κ1) is 9.89. The van der Waals surface area contributed by atoms with Crippen LogP contribution in [0.15, 0.2) is 30.6 Å². The Morgan fingerprint density at radius 2 is 2.35 bits per heavy atom. The minimum absolute atomic E-state index is 0.414. The van der Waals surface area contributed by atoms with Gasteiger partial charge in [-0.3, -0.25) is 0 Å². The van der Waals surface area contributed by atoms with Crippen molar-refractivity contribution in [2.24, 2.45) is 0 Å². The number of hydrogen-bond donors (Lipinski definition) is 1. The Hall–Kier alpha value is -2.30. The molecular formula is C12H11N3O2. The molecule has 17 heavy (non-hydrogen) atoms. The highest BCUT2D eigenvalue weighted by molar-refractivity contribution is 5.75. The molecule has 1 aromatic carbocycles. The predicted octanol–water partition coefficient (Wildman–Crippen LogP) is 1.78. The van der Waals surface area contributed by atoms with Gasteiger partial charge in [-0.2, -0.15) is 0 Å². The van der Waals surface area contributed by atoms with Gasteiger partial charge in [0.25, 0.3) is 0 Å². The first-order chi connectivity index (χ1) is 8.25. The zero-order chi connectivity index (χ0) is 11.8. The van der Waals surface area contributed by atoms with Gasteiger partial charge < -0.3 is 14.6 Å². The van der Waals surface area contributed by atoms with E-state index < -0.39 is 6.09 Å². The lowest BCUT2D eigenvalue weighted by Gasteiger charge is -2.20. The summed E-state index contributed by atoms with van der Waals surface area (Å²) in [5.41, 5.74) is 1.81. The van der Waals surface area contributed by atoms with Crippen LogP contribution < -0.4 is 10.1 Å². The van der Waals surface area contributed by atoms with Gasteiger partial charge in [0.2, 0.25) is 0 Å². The van der Waals surface area contributed by atoms with Crippen molar-refractivity contribution in [3.63, 3.8) is 0 Å². The second-order valence-corrected chi connectivity index (χ2v) is 3.85. The molecule has 1 aliphatic rings. The van der Waals surface area contributed by atoms with E-state index in [0.29, 0.717) is 12.3 Å². The summed E-state index contributed by atoms with van der Waals surface area (Å²) >= 11 is 0. The van der Waals surface area contributed by atoms with E-state index in [9.17, 15) is 4.79 Å². The quantitative estimate of drug-likeness (QED) is 0.811. The van der Waals surface area contributed by atoms with Crippen LogP contribution in [0.5, 0.6) is 5.75 Å². The maximum atomic E-state index is 11.3. The molecule has 1 amide bonds. The van der Waals surface area contributed by atoms with Crippen LogP contribution in [0.1, 0.15) is 11.4 Å². The zero-order valence-electron chi connectivity index (χ0n) is 9.30. The standard InChI is InChI=1S/C12H11N3O2/c1-8-13-5-6-15(8)10-4-2-3-9-7-14-12(16)17-11(9)10/h2-6H,7H2,1H3,(H,14,16). The smallest absolute Gasteiger partial charge is 0.408 e. The van der Waals surface area contributed by atoms with Crippen LogP contribution in [0.3, 0.4) is 0 Å². The molecule has 3 rings (SSSR count). The van der Waals surface area contributed by atoms with Crippen molar-refractivity contribution < 1.29 is 9.53 Å². The zero-order valence-corrected chi connectivity index (χ0v) is 9.30. The fraction of sp³-hybridized carbons (Fsp3) is 0.167. The van der Waals surface area contributed by atoms with Crippen molar-refractivity contribution in [3.8, 4) is 11.4 Å². The Morgan fingerprint density at radius 1 is 1.47 bits per heavy atom. The van der Waals surface area contributed by atoms with Crippen LogP contribution in [-0.4, -0.2) is 15.6 Å². The second-order valence-electron chi connectivity index (χ2n) is 3.85. The fourth-order valence-corrected chi connectivity index (χ4v) is 1.95. The summed E-state index contributed by atoms with van der Waals surface area (Å²) in [4.78, 5) is 15.4. The van der Waals surface area contributed by atoms with Crippen LogP contribution in [0, 0.1) is 6.92 Å². The van der Waals surface area contributed by atoms with Gasteiger partial charge >= 0.3 is 6.09 Å². The van der Waals surface area contributed by atoms with E-state index in [2.05, 4.69) is 10.3 Å². The summed E-state index contributed by atoms with van der Waals surface area (Å²) in [7, 11) is 0. The van der Waals surface area contributed by atoms with E-state index in [0.717, 1.165) is 17.1 Å². The topological polar surface area (TPSA) is 56.2 Å². The van der Waals surface area contributed by atoms with Gasteiger partial charge in [-0.1, -0.05) is 12.1 Å². The number of amides is 1. The Bertz CT molecular complexity index is 589. The normalized spacial score (nSPS) is 13.8. The number of ether oxygens (including phenoxy) is 1. The summed E-state index contributed by atoms with van der Waals surface area (Å²) in [5, 5.41) is 2.64. The highest BCUT2D eigenvalue weighted by atomic mass is 16.6. The number of aromatic nitrogens is 2. The number of hydrogen-bond acceptors (Lipinski definition) is 3. The molecular weight excluding hydrogens is 218 g/mol. The third-order valence-electron chi connectivity index (χ3n) is 2.78. The number of rotatable bonds is 1. The van der Waals surface area contributed by atoms with Crippen molar-refractivity contribution in [1.82, 2.24) is 14.9 Å². The molecule has 0 saturated carbocycles. The number of nitrogens with one attached hydrogen (secondary N) is 1. The SMILES string of the molecule is Cc1nccn1-c1cccc2c1OC(=O)NC2. The lowest BCUT2D eigenvalue weighted by Crippen LogP contribution is -2.31. The summed E-state index contributed by atoms with van der Waals surface area (Å²) in [5.74, 6) is 1.46. The van der Waals surface area contributed by atoms with E-state index in [1.807, 2.05) is 35.9 Å². The maximum absolute atomic E-state index is 11.3. The van der Waals surface area contributed by atoms with Crippen molar-refractivity contribution >= 4 is 6.09 Å². The number of fused-ring (bicyclic) bond motifs is 1. The van der Waals surface area contributed by atoms with Crippen molar-refractivity contribution in [3.05, 3.63) is 42.0 Å². The molecule has 2 heterocycles. The third kappa shape index (κ3) is 1.56. The lowest BCUT2D eigenvalue weighted by molar-refractivity contribution is 0.194. The Morgan fingerprint density at radius 3 is 3.12 bits per heavy atom. The van der Waals surface area contributed by atoms with Crippen LogP contribution >= 0.6 is 0 Å². The first-order valence-corrected chi connectivity index (χ1v) is 5.33. The molecule has 0 aliphatic carbocycles. The van der Waals surface area contributed by atoms with Gasteiger partial charge in [0, 0.05) is 24.5 Å². The van der Waals surface area contributed by atoms with Gasteiger partial charge in [-0.05, 0) is 13.0 Å². The summed E-state index contributed by atoms with van der Waals surface area (Å²) in [6.07, 6.45) is 3.15. The average molecular weight is 229 g/mol. The van der Waals surface area contributed by atoms with E-state index in [1.54, 1.807) is 6.20 Å². The van der Waals surface area contributed by atoms with Gasteiger partial charge in [-0.15, -0.1) is 0 Å².